The zero-order valence-electron chi connectivity index (χ0n) is 13.8. The van der Waals surface area contributed by atoms with E-state index in [-0.39, 0.29) is 18.1 Å². The van der Waals surface area contributed by atoms with Gasteiger partial charge >= 0.3 is 0 Å². The van der Waals surface area contributed by atoms with Crippen LogP contribution in [0.5, 0.6) is 0 Å². The largest absolute Gasteiger partial charge is 0.382 e. The Bertz CT molecular complexity index is 350. The minimum atomic E-state index is 0.122. The molecule has 0 N–H and O–H groups in total. The van der Waals surface area contributed by atoms with Gasteiger partial charge in [-0.3, -0.25) is 9.69 Å². The molecule has 0 radical (unpaired) electrons. The van der Waals surface area contributed by atoms with Crippen LogP contribution in [0.3, 0.4) is 0 Å². The fourth-order valence-corrected chi connectivity index (χ4v) is 3.80. The molecule has 0 aliphatic carbocycles. The van der Waals surface area contributed by atoms with Gasteiger partial charge in [0, 0.05) is 25.2 Å². The molecule has 2 aliphatic heterocycles. The predicted octanol–water partition coefficient (Wildman–Crippen LogP) is 1.51. The summed E-state index contributed by atoms with van der Waals surface area (Å²) in [6, 6.07) is 0.331. The number of hydrogen-bond acceptors (Lipinski definition) is 4. The summed E-state index contributed by atoms with van der Waals surface area (Å²) in [5.41, 5.74) is 0.122. The molecular weight excluding hydrogens is 268 g/mol. The van der Waals surface area contributed by atoms with E-state index >= 15 is 0 Å². The van der Waals surface area contributed by atoms with Crippen LogP contribution in [0, 0.1) is 0 Å². The highest BCUT2D eigenvalue weighted by atomic mass is 16.5. The van der Waals surface area contributed by atoms with Crippen molar-refractivity contribution >= 4 is 5.91 Å². The summed E-state index contributed by atoms with van der Waals surface area (Å²) in [6.45, 7) is 5.54. The number of likely N-dealkylation sites (N-methyl/N-ethyl adjacent to an activating group) is 1. The van der Waals surface area contributed by atoms with Gasteiger partial charge in [0.2, 0.25) is 5.91 Å². The summed E-state index contributed by atoms with van der Waals surface area (Å²) < 4.78 is 10.4. The summed E-state index contributed by atoms with van der Waals surface area (Å²) in [5.74, 6) is 0.136. The van der Waals surface area contributed by atoms with Crippen LogP contribution in [0.4, 0.5) is 0 Å². The van der Waals surface area contributed by atoms with E-state index in [0.29, 0.717) is 19.3 Å². The van der Waals surface area contributed by atoms with Crippen molar-refractivity contribution in [3.05, 3.63) is 0 Å². The van der Waals surface area contributed by atoms with Gasteiger partial charge in [0.1, 0.15) is 6.61 Å². The number of nitrogens with zero attached hydrogens (tertiary/aromatic N) is 2. The van der Waals surface area contributed by atoms with Crippen molar-refractivity contribution in [2.24, 2.45) is 0 Å². The lowest BCUT2D eigenvalue weighted by Gasteiger charge is -2.51. The summed E-state index contributed by atoms with van der Waals surface area (Å²) >= 11 is 0. The smallest absolute Gasteiger partial charge is 0.248 e. The Morgan fingerprint density at radius 3 is 2.81 bits per heavy atom. The Balaban J connectivity index is 1.99. The number of ether oxygens (including phenoxy) is 2. The van der Waals surface area contributed by atoms with Gasteiger partial charge in [-0.05, 0) is 46.2 Å². The van der Waals surface area contributed by atoms with Crippen LogP contribution in [-0.4, -0.2) is 74.4 Å². The van der Waals surface area contributed by atoms with Crippen molar-refractivity contribution in [2.45, 2.75) is 50.6 Å². The van der Waals surface area contributed by atoms with E-state index in [1.165, 1.54) is 19.3 Å². The molecule has 5 heteroatoms. The average molecular weight is 298 g/mol. The van der Waals surface area contributed by atoms with Gasteiger partial charge in [-0.1, -0.05) is 6.42 Å². The number of carbonyl (C=O) groups is 1. The molecular formula is C16H30N2O3. The van der Waals surface area contributed by atoms with Crippen LogP contribution in [-0.2, 0) is 14.3 Å². The molecule has 0 spiro atoms. The number of carbonyl (C=O) groups excluding carboxylic acids is 1. The molecule has 0 aromatic carbocycles. The van der Waals surface area contributed by atoms with Gasteiger partial charge in [0.25, 0.3) is 0 Å². The molecule has 2 heterocycles. The number of fused-ring (bicyclic) bond motifs is 1. The fourth-order valence-electron chi connectivity index (χ4n) is 3.80. The third kappa shape index (κ3) is 3.76. The van der Waals surface area contributed by atoms with Gasteiger partial charge in [0.05, 0.1) is 13.2 Å². The van der Waals surface area contributed by atoms with Gasteiger partial charge < -0.3 is 14.4 Å². The Kier molecular flexibility index (Phi) is 6.02. The second kappa shape index (κ2) is 7.56. The van der Waals surface area contributed by atoms with Crippen LogP contribution in [0.1, 0.15) is 39.0 Å². The molecule has 2 saturated heterocycles. The molecule has 2 fully saturated rings. The molecule has 0 unspecified atom stereocenters. The minimum Gasteiger partial charge on any atom is -0.382 e. The molecule has 2 atom stereocenters. The van der Waals surface area contributed by atoms with Crippen molar-refractivity contribution in [3.8, 4) is 0 Å². The second-order valence-corrected chi connectivity index (χ2v) is 6.53. The highest BCUT2D eigenvalue weighted by molar-refractivity contribution is 5.78. The third-order valence-electron chi connectivity index (χ3n) is 5.25. The lowest BCUT2D eigenvalue weighted by Crippen LogP contribution is -2.63. The number of rotatable bonds is 5. The van der Waals surface area contributed by atoms with E-state index in [4.69, 9.17) is 9.47 Å². The molecule has 2 aliphatic rings. The van der Waals surface area contributed by atoms with Crippen molar-refractivity contribution in [1.29, 1.82) is 0 Å². The van der Waals surface area contributed by atoms with Gasteiger partial charge in [-0.2, -0.15) is 0 Å². The lowest BCUT2D eigenvalue weighted by atomic mass is 9.80. The molecule has 0 saturated carbocycles. The summed E-state index contributed by atoms with van der Waals surface area (Å²) in [4.78, 5) is 17.1. The van der Waals surface area contributed by atoms with E-state index in [1.807, 2.05) is 0 Å². The first-order chi connectivity index (χ1) is 10.1. The molecule has 21 heavy (non-hydrogen) atoms. The average Bonchev–Trinajstić information content (AvgIpc) is 2.62. The first-order valence-electron chi connectivity index (χ1n) is 8.17. The first-order valence-corrected chi connectivity index (χ1v) is 8.17. The monoisotopic (exact) mass is 298 g/mol. The predicted molar refractivity (Wildman–Crippen MR) is 82.3 cm³/mol. The maximum atomic E-state index is 12.5. The van der Waals surface area contributed by atoms with Crippen LogP contribution in [0.15, 0.2) is 0 Å². The molecule has 2 rings (SSSR count). The third-order valence-corrected chi connectivity index (χ3v) is 5.25. The normalized spacial score (nSPS) is 30.8. The molecule has 5 nitrogen and oxygen atoms in total. The van der Waals surface area contributed by atoms with E-state index in [2.05, 4.69) is 23.8 Å². The molecule has 0 aromatic heterocycles. The van der Waals surface area contributed by atoms with Crippen molar-refractivity contribution in [1.82, 2.24) is 9.80 Å². The van der Waals surface area contributed by atoms with Gasteiger partial charge in [-0.15, -0.1) is 0 Å². The van der Waals surface area contributed by atoms with Gasteiger partial charge in [0.15, 0.2) is 0 Å². The van der Waals surface area contributed by atoms with Crippen LogP contribution < -0.4 is 0 Å². The number of hydrogen-bond donors (Lipinski definition) is 0. The molecule has 0 bridgehead atoms. The first kappa shape index (κ1) is 16.7. The molecule has 1 amide bonds. The number of piperidine rings is 1. The van der Waals surface area contributed by atoms with Gasteiger partial charge in [-0.25, -0.2) is 0 Å². The Hall–Kier alpha value is -0.650. The number of likely N-dealkylation sites (tertiary alicyclic amines) is 2. The molecule has 122 valence electrons. The Labute approximate surface area is 128 Å². The SMILES string of the molecule is COCCOCC(=O)N1CCC[C@@]2(C)[C@@H]1CCCCN2C. The lowest BCUT2D eigenvalue weighted by molar-refractivity contribution is -0.145. The van der Waals surface area contributed by atoms with E-state index < -0.39 is 0 Å². The molecule has 0 aromatic rings. The minimum absolute atomic E-state index is 0.122. The van der Waals surface area contributed by atoms with Crippen molar-refractivity contribution in [2.75, 3.05) is 47.1 Å². The summed E-state index contributed by atoms with van der Waals surface area (Å²) in [5, 5.41) is 0. The zero-order chi connectivity index (χ0) is 15.3. The topological polar surface area (TPSA) is 42.0 Å². The highest BCUT2D eigenvalue weighted by Crippen LogP contribution is 2.37. The quantitative estimate of drug-likeness (QED) is 0.722. The van der Waals surface area contributed by atoms with Crippen LogP contribution in [0.2, 0.25) is 0 Å². The zero-order valence-corrected chi connectivity index (χ0v) is 13.8. The maximum absolute atomic E-state index is 12.5. The Morgan fingerprint density at radius 1 is 1.24 bits per heavy atom. The van der Waals surface area contributed by atoms with Crippen molar-refractivity contribution < 1.29 is 14.3 Å². The standard InChI is InChI=1S/C16H30N2O3/c1-16-8-6-10-18(15(19)13-21-12-11-20-3)14(16)7-4-5-9-17(16)2/h14H,4-13H2,1-3H3/t14-,16-/m0/s1. The summed E-state index contributed by atoms with van der Waals surface area (Å²) in [6.07, 6.45) is 5.82. The fraction of sp³-hybridized carbons (Fsp3) is 0.938. The summed E-state index contributed by atoms with van der Waals surface area (Å²) in [7, 11) is 3.85. The second-order valence-electron chi connectivity index (χ2n) is 6.53. The number of methoxy groups -OCH3 is 1. The number of amides is 1. The van der Waals surface area contributed by atoms with Crippen molar-refractivity contribution in [3.63, 3.8) is 0 Å². The van der Waals surface area contributed by atoms with Crippen LogP contribution in [0.25, 0.3) is 0 Å². The maximum Gasteiger partial charge on any atom is 0.248 e. The highest BCUT2D eigenvalue weighted by Gasteiger charge is 2.45. The van der Waals surface area contributed by atoms with Crippen LogP contribution >= 0.6 is 0 Å². The van der Waals surface area contributed by atoms with E-state index in [9.17, 15) is 4.79 Å². The van der Waals surface area contributed by atoms with E-state index in [0.717, 1.165) is 25.9 Å². The Morgan fingerprint density at radius 2 is 2.05 bits per heavy atom. The van der Waals surface area contributed by atoms with E-state index in [1.54, 1.807) is 7.11 Å².